The average Bonchev–Trinajstić information content (AvgIpc) is 3.29. The number of anilines is 1. The van der Waals surface area contributed by atoms with Crippen molar-refractivity contribution < 1.29 is 9.59 Å². The smallest absolute Gasteiger partial charge is 0.232 e. The van der Waals surface area contributed by atoms with E-state index in [4.69, 9.17) is 0 Å². The molecule has 3 aromatic rings. The predicted molar refractivity (Wildman–Crippen MR) is 97.8 cm³/mol. The zero-order valence-electron chi connectivity index (χ0n) is 14.1. The molecule has 0 bridgehead atoms. The maximum Gasteiger partial charge on any atom is 0.232 e. The van der Waals surface area contributed by atoms with E-state index in [-0.39, 0.29) is 18.2 Å². The van der Waals surface area contributed by atoms with Gasteiger partial charge in [-0.25, -0.2) is 4.68 Å². The Bertz CT molecular complexity index is 933. The standard InChI is InChI=1S/C20H18N4O2/c25-19(12-17-16-4-1-2-5-18(16)23-20(17)26)21-13-14-6-8-15(9-7-14)24-11-3-10-22-24/h1-11,17H,12-13H2,(H,21,25)(H,23,26). The van der Waals surface area contributed by atoms with Crippen molar-refractivity contribution in [2.24, 2.45) is 0 Å². The first-order chi connectivity index (χ1) is 12.7. The number of carbonyl (C=O) groups is 2. The van der Waals surface area contributed by atoms with Gasteiger partial charge in [-0.05, 0) is 35.4 Å². The first kappa shape index (κ1) is 16.1. The van der Waals surface area contributed by atoms with Crippen molar-refractivity contribution >= 4 is 17.5 Å². The first-order valence-electron chi connectivity index (χ1n) is 8.46. The van der Waals surface area contributed by atoms with Gasteiger partial charge in [0.1, 0.15) is 0 Å². The maximum atomic E-state index is 12.3. The van der Waals surface area contributed by atoms with E-state index >= 15 is 0 Å². The molecule has 0 radical (unpaired) electrons. The van der Waals surface area contributed by atoms with E-state index in [0.717, 1.165) is 22.5 Å². The quantitative estimate of drug-likeness (QED) is 0.746. The van der Waals surface area contributed by atoms with Gasteiger partial charge in [0, 0.05) is 31.0 Å². The van der Waals surface area contributed by atoms with Gasteiger partial charge < -0.3 is 10.6 Å². The van der Waals surface area contributed by atoms with E-state index in [1.54, 1.807) is 10.9 Å². The molecule has 1 aliphatic rings. The van der Waals surface area contributed by atoms with Crippen molar-refractivity contribution in [3.8, 4) is 5.69 Å². The first-order valence-corrected chi connectivity index (χ1v) is 8.46. The van der Waals surface area contributed by atoms with Crippen molar-refractivity contribution in [1.82, 2.24) is 15.1 Å². The third kappa shape index (κ3) is 3.21. The van der Waals surface area contributed by atoms with Gasteiger partial charge in [-0.2, -0.15) is 5.10 Å². The monoisotopic (exact) mass is 346 g/mol. The Hall–Kier alpha value is -3.41. The van der Waals surface area contributed by atoms with Crippen molar-refractivity contribution in [3.63, 3.8) is 0 Å². The van der Waals surface area contributed by atoms with Gasteiger partial charge in [-0.15, -0.1) is 0 Å². The summed E-state index contributed by atoms with van der Waals surface area (Å²) in [4.78, 5) is 24.4. The zero-order valence-corrected chi connectivity index (χ0v) is 14.1. The molecule has 0 saturated carbocycles. The molecule has 0 saturated heterocycles. The van der Waals surface area contributed by atoms with E-state index < -0.39 is 5.92 Å². The summed E-state index contributed by atoms with van der Waals surface area (Å²) in [6.07, 6.45) is 3.75. The van der Waals surface area contributed by atoms with Crippen LogP contribution in [0.2, 0.25) is 0 Å². The molecule has 26 heavy (non-hydrogen) atoms. The van der Waals surface area contributed by atoms with E-state index in [0.29, 0.717) is 6.54 Å². The average molecular weight is 346 g/mol. The number of rotatable bonds is 5. The fourth-order valence-electron chi connectivity index (χ4n) is 3.12. The number of hydrogen-bond donors (Lipinski definition) is 2. The van der Waals surface area contributed by atoms with Gasteiger partial charge in [0.05, 0.1) is 11.6 Å². The Morgan fingerprint density at radius 3 is 2.69 bits per heavy atom. The number of fused-ring (bicyclic) bond motifs is 1. The van der Waals surface area contributed by atoms with E-state index in [1.807, 2.05) is 60.8 Å². The highest BCUT2D eigenvalue weighted by atomic mass is 16.2. The highest BCUT2D eigenvalue weighted by molar-refractivity contribution is 6.04. The Labute approximate surface area is 150 Å². The Balaban J connectivity index is 1.35. The minimum atomic E-state index is -0.423. The number of carbonyl (C=O) groups excluding carboxylic acids is 2. The molecule has 2 N–H and O–H groups in total. The molecule has 1 unspecified atom stereocenters. The summed E-state index contributed by atoms with van der Waals surface area (Å²) in [6, 6.07) is 17.2. The molecular formula is C20H18N4O2. The van der Waals surface area contributed by atoms with Gasteiger partial charge in [-0.3, -0.25) is 9.59 Å². The molecule has 6 heteroatoms. The largest absolute Gasteiger partial charge is 0.352 e. The second-order valence-corrected chi connectivity index (χ2v) is 6.23. The summed E-state index contributed by atoms with van der Waals surface area (Å²) in [7, 11) is 0. The third-order valence-corrected chi connectivity index (χ3v) is 4.50. The van der Waals surface area contributed by atoms with Crippen LogP contribution in [0, 0.1) is 0 Å². The maximum absolute atomic E-state index is 12.3. The van der Waals surface area contributed by atoms with E-state index in [1.165, 1.54) is 0 Å². The summed E-state index contributed by atoms with van der Waals surface area (Å²) in [6.45, 7) is 0.425. The molecule has 0 aliphatic carbocycles. The summed E-state index contributed by atoms with van der Waals surface area (Å²) < 4.78 is 1.78. The summed E-state index contributed by atoms with van der Waals surface area (Å²) >= 11 is 0. The van der Waals surface area contributed by atoms with Crippen LogP contribution >= 0.6 is 0 Å². The second-order valence-electron chi connectivity index (χ2n) is 6.23. The molecule has 1 atom stereocenters. The number of aromatic nitrogens is 2. The van der Waals surface area contributed by atoms with Crippen LogP contribution in [0.15, 0.2) is 67.0 Å². The van der Waals surface area contributed by atoms with Gasteiger partial charge >= 0.3 is 0 Å². The second kappa shape index (κ2) is 6.84. The van der Waals surface area contributed by atoms with Crippen LogP contribution in [-0.2, 0) is 16.1 Å². The Morgan fingerprint density at radius 1 is 1.12 bits per heavy atom. The highest BCUT2D eigenvalue weighted by Gasteiger charge is 2.31. The van der Waals surface area contributed by atoms with Gasteiger partial charge in [0.15, 0.2) is 0 Å². The number of amides is 2. The fourth-order valence-corrected chi connectivity index (χ4v) is 3.12. The molecule has 2 aromatic carbocycles. The van der Waals surface area contributed by atoms with Gasteiger partial charge in [-0.1, -0.05) is 30.3 Å². The normalized spacial score (nSPS) is 15.4. The Kier molecular flexibility index (Phi) is 4.23. The lowest BCUT2D eigenvalue weighted by atomic mass is 9.97. The number of benzene rings is 2. The molecular weight excluding hydrogens is 328 g/mol. The number of para-hydroxylation sites is 1. The van der Waals surface area contributed by atoms with Crippen LogP contribution in [-0.4, -0.2) is 21.6 Å². The van der Waals surface area contributed by atoms with Crippen molar-refractivity contribution in [2.75, 3.05) is 5.32 Å². The van der Waals surface area contributed by atoms with Crippen LogP contribution in [0.1, 0.15) is 23.5 Å². The summed E-state index contributed by atoms with van der Waals surface area (Å²) in [5, 5.41) is 9.89. The minimum Gasteiger partial charge on any atom is -0.352 e. The van der Waals surface area contributed by atoms with Crippen molar-refractivity contribution in [2.45, 2.75) is 18.9 Å². The van der Waals surface area contributed by atoms with Crippen LogP contribution in [0.4, 0.5) is 5.69 Å². The lowest BCUT2D eigenvalue weighted by molar-refractivity contribution is -0.125. The molecule has 0 fully saturated rings. The fraction of sp³-hybridized carbons (Fsp3) is 0.150. The van der Waals surface area contributed by atoms with Crippen molar-refractivity contribution in [1.29, 1.82) is 0 Å². The molecule has 2 heterocycles. The molecule has 6 nitrogen and oxygen atoms in total. The van der Waals surface area contributed by atoms with E-state index in [2.05, 4.69) is 15.7 Å². The summed E-state index contributed by atoms with van der Waals surface area (Å²) in [5.74, 6) is -0.684. The van der Waals surface area contributed by atoms with Gasteiger partial charge in [0.25, 0.3) is 0 Å². The molecule has 130 valence electrons. The molecule has 1 aromatic heterocycles. The number of hydrogen-bond acceptors (Lipinski definition) is 3. The van der Waals surface area contributed by atoms with Crippen LogP contribution in [0.25, 0.3) is 5.69 Å². The summed E-state index contributed by atoms with van der Waals surface area (Å²) in [5.41, 5.74) is 3.63. The Morgan fingerprint density at radius 2 is 1.92 bits per heavy atom. The highest BCUT2D eigenvalue weighted by Crippen LogP contribution is 2.34. The lowest BCUT2D eigenvalue weighted by Gasteiger charge is -2.10. The molecule has 4 rings (SSSR count). The number of nitrogens with one attached hydrogen (secondary N) is 2. The SMILES string of the molecule is O=C(CC1C(=O)Nc2ccccc21)NCc1ccc(-n2cccn2)cc1. The predicted octanol–water partition coefficient (Wildman–Crippen LogP) is 2.61. The van der Waals surface area contributed by atoms with Crippen LogP contribution < -0.4 is 10.6 Å². The van der Waals surface area contributed by atoms with Crippen LogP contribution in [0.3, 0.4) is 0 Å². The lowest BCUT2D eigenvalue weighted by Crippen LogP contribution is -2.26. The third-order valence-electron chi connectivity index (χ3n) is 4.50. The van der Waals surface area contributed by atoms with Gasteiger partial charge in [0.2, 0.25) is 11.8 Å². The topological polar surface area (TPSA) is 76.0 Å². The zero-order chi connectivity index (χ0) is 17.9. The minimum absolute atomic E-state index is 0.120. The number of nitrogens with zero attached hydrogens (tertiary/aromatic N) is 2. The van der Waals surface area contributed by atoms with Crippen molar-refractivity contribution in [3.05, 3.63) is 78.1 Å². The molecule has 1 aliphatic heterocycles. The van der Waals surface area contributed by atoms with E-state index in [9.17, 15) is 9.59 Å². The molecule has 0 spiro atoms. The molecule has 2 amide bonds. The van der Waals surface area contributed by atoms with Crippen LogP contribution in [0.5, 0.6) is 0 Å².